The fourth-order valence-corrected chi connectivity index (χ4v) is 0.965. The largest absolute Gasteiger partial charge is 0.573 e. The van der Waals surface area contributed by atoms with E-state index >= 15 is 0 Å². The van der Waals surface area contributed by atoms with Gasteiger partial charge in [0, 0.05) is 18.2 Å². The minimum absolute atomic E-state index is 0.110. The van der Waals surface area contributed by atoms with Gasteiger partial charge >= 0.3 is 6.36 Å². The zero-order chi connectivity index (χ0) is 11.5. The van der Waals surface area contributed by atoms with Gasteiger partial charge in [-0.1, -0.05) is 6.92 Å². The van der Waals surface area contributed by atoms with Crippen LogP contribution in [0.2, 0.25) is 0 Å². The molecule has 0 fully saturated rings. The summed E-state index contributed by atoms with van der Waals surface area (Å²) >= 11 is 0. The average Bonchev–Trinajstić information content (AvgIpc) is 2.14. The summed E-state index contributed by atoms with van der Waals surface area (Å²) in [5.41, 5.74) is 0.110. The minimum Gasteiger partial charge on any atom is -0.404 e. The van der Waals surface area contributed by atoms with Crippen molar-refractivity contribution in [2.45, 2.75) is 19.7 Å². The maximum atomic E-state index is 11.8. The molecular formula is C9H8F3NO2. The Balaban J connectivity index is 2.88. The molecule has 0 bridgehead atoms. The van der Waals surface area contributed by atoms with E-state index in [1.54, 1.807) is 6.92 Å². The highest BCUT2D eigenvalue weighted by Gasteiger charge is 2.31. The molecule has 0 radical (unpaired) electrons. The number of nitrogens with zero attached hydrogens (tertiary/aromatic N) is 1. The fourth-order valence-electron chi connectivity index (χ4n) is 0.965. The molecule has 0 amide bonds. The summed E-state index contributed by atoms with van der Waals surface area (Å²) in [6.07, 6.45) is -2.46. The van der Waals surface area contributed by atoms with Crippen molar-refractivity contribution in [1.82, 2.24) is 4.98 Å². The Morgan fingerprint density at radius 2 is 2.13 bits per heavy atom. The van der Waals surface area contributed by atoms with Crippen LogP contribution in [0, 0.1) is 0 Å². The quantitative estimate of drug-likeness (QED) is 0.733. The van der Waals surface area contributed by atoms with E-state index in [2.05, 4.69) is 9.72 Å². The third-order valence-corrected chi connectivity index (χ3v) is 1.59. The van der Waals surface area contributed by atoms with E-state index in [1.165, 1.54) is 6.20 Å². The molecule has 1 aromatic heterocycles. The second-order valence-corrected chi connectivity index (χ2v) is 2.73. The maximum absolute atomic E-state index is 11.8. The van der Waals surface area contributed by atoms with Crippen LogP contribution in [0.3, 0.4) is 0 Å². The van der Waals surface area contributed by atoms with Crippen LogP contribution in [-0.4, -0.2) is 17.1 Å². The third-order valence-electron chi connectivity index (χ3n) is 1.59. The molecule has 0 unspecified atom stereocenters. The lowest BCUT2D eigenvalue weighted by Gasteiger charge is -2.08. The monoisotopic (exact) mass is 219 g/mol. The number of Topliss-reactive ketones (excluding diaryl/α,β-unsaturated/α-hetero) is 1. The Kier molecular flexibility index (Phi) is 3.28. The first kappa shape index (κ1) is 11.5. The third kappa shape index (κ3) is 3.57. The van der Waals surface area contributed by atoms with E-state index in [0.717, 1.165) is 12.3 Å². The molecule has 1 heterocycles. The smallest absolute Gasteiger partial charge is 0.404 e. The summed E-state index contributed by atoms with van der Waals surface area (Å²) in [6, 6.07) is 1.02. The van der Waals surface area contributed by atoms with E-state index in [9.17, 15) is 18.0 Å². The van der Waals surface area contributed by atoms with Gasteiger partial charge in [0.25, 0.3) is 0 Å². The lowest BCUT2D eigenvalue weighted by atomic mass is 10.1. The van der Waals surface area contributed by atoms with Gasteiger partial charge in [-0.15, -0.1) is 13.2 Å². The Morgan fingerprint density at radius 3 is 2.67 bits per heavy atom. The Labute approximate surface area is 83.9 Å². The number of pyridine rings is 1. The van der Waals surface area contributed by atoms with Gasteiger partial charge in [-0.3, -0.25) is 9.78 Å². The van der Waals surface area contributed by atoms with Crippen molar-refractivity contribution in [1.29, 1.82) is 0 Å². The summed E-state index contributed by atoms with van der Waals surface area (Å²) in [6.45, 7) is 1.61. The first-order chi connectivity index (χ1) is 6.92. The maximum Gasteiger partial charge on any atom is 0.573 e. The van der Waals surface area contributed by atoms with Crippen molar-refractivity contribution in [3.8, 4) is 5.75 Å². The van der Waals surface area contributed by atoms with Crippen LogP contribution >= 0.6 is 0 Å². The van der Waals surface area contributed by atoms with Gasteiger partial charge in [0.05, 0.1) is 6.20 Å². The van der Waals surface area contributed by atoms with Gasteiger partial charge in [-0.25, -0.2) is 0 Å². The number of hydrogen-bond donors (Lipinski definition) is 0. The topological polar surface area (TPSA) is 39.2 Å². The van der Waals surface area contributed by atoms with E-state index < -0.39 is 12.1 Å². The van der Waals surface area contributed by atoms with Crippen LogP contribution in [0.25, 0.3) is 0 Å². The van der Waals surface area contributed by atoms with Crippen LogP contribution in [0.1, 0.15) is 23.7 Å². The molecule has 0 spiro atoms. The molecule has 0 aliphatic heterocycles. The fraction of sp³-hybridized carbons (Fsp3) is 0.333. The standard InChI is InChI=1S/C9H8F3NO2/c1-2-8(14)6-3-7(5-13-4-6)15-9(10,11)12/h3-5H,2H2,1H3. The number of aromatic nitrogens is 1. The van der Waals surface area contributed by atoms with E-state index in [1.807, 2.05) is 0 Å². The Hall–Kier alpha value is -1.59. The number of alkyl halides is 3. The molecule has 0 aromatic carbocycles. The number of carbonyl (C=O) groups is 1. The predicted molar refractivity (Wildman–Crippen MR) is 45.5 cm³/mol. The molecule has 1 rings (SSSR count). The molecule has 0 saturated carbocycles. The highest BCUT2D eigenvalue weighted by molar-refractivity contribution is 5.95. The molecular weight excluding hydrogens is 211 g/mol. The zero-order valence-electron chi connectivity index (χ0n) is 7.84. The Morgan fingerprint density at radius 1 is 1.47 bits per heavy atom. The van der Waals surface area contributed by atoms with Gasteiger partial charge in [-0.05, 0) is 6.07 Å². The molecule has 0 aliphatic carbocycles. The molecule has 0 aliphatic rings. The van der Waals surface area contributed by atoms with Gasteiger partial charge < -0.3 is 4.74 Å². The molecule has 15 heavy (non-hydrogen) atoms. The van der Waals surface area contributed by atoms with Gasteiger partial charge in [-0.2, -0.15) is 0 Å². The van der Waals surface area contributed by atoms with E-state index in [-0.39, 0.29) is 17.8 Å². The van der Waals surface area contributed by atoms with Crippen LogP contribution in [0.5, 0.6) is 5.75 Å². The number of ether oxygens (including phenoxy) is 1. The van der Waals surface area contributed by atoms with E-state index in [0.29, 0.717) is 0 Å². The molecule has 6 heteroatoms. The summed E-state index contributed by atoms with van der Waals surface area (Å²) in [7, 11) is 0. The SMILES string of the molecule is CCC(=O)c1cncc(OC(F)(F)F)c1. The van der Waals surface area contributed by atoms with Crippen LogP contribution in [-0.2, 0) is 0 Å². The predicted octanol–water partition coefficient (Wildman–Crippen LogP) is 2.57. The molecule has 3 nitrogen and oxygen atoms in total. The molecule has 0 N–H and O–H groups in total. The van der Waals surface area contributed by atoms with Crippen molar-refractivity contribution in [3.63, 3.8) is 0 Å². The first-order valence-corrected chi connectivity index (χ1v) is 4.16. The normalized spacial score (nSPS) is 11.2. The first-order valence-electron chi connectivity index (χ1n) is 4.16. The highest BCUT2D eigenvalue weighted by atomic mass is 19.4. The second kappa shape index (κ2) is 4.29. The summed E-state index contributed by atoms with van der Waals surface area (Å²) < 4.78 is 39.1. The lowest BCUT2D eigenvalue weighted by molar-refractivity contribution is -0.274. The van der Waals surface area contributed by atoms with Crippen molar-refractivity contribution < 1.29 is 22.7 Å². The van der Waals surface area contributed by atoms with Gasteiger partial charge in [0.15, 0.2) is 5.78 Å². The minimum atomic E-state index is -4.77. The summed E-state index contributed by atoms with van der Waals surface area (Å²) in [5, 5.41) is 0. The van der Waals surface area contributed by atoms with Crippen molar-refractivity contribution in [3.05, 3.63) is 24.0 Å². The Bertz CT molecular complexity index is 363. The van der Waals surface area contributed by atoms with Crippen molar-refractivity contribution in [2.75, 3.05) is 0 Å². The van der Waals surface area contributed by atoms with Crippen LogP contribution < -0.4 is 4.74 Å². The second-order valence-electron chi connectivity index (χ2n) is 2.73. The number of carbonyl (C=O) groups excluding carboxylic acids is 1. The van der Waals surface area contributed by atoms with Crippen molar-refractivity contribution >= 4 is 5.78 Å². The number of ketones is 1. The zero-order valence-corrected chi connectivity index (χ0v) is 7.84. The lowest BCUT2D eigenvalue weighted by Crippen LogP contribution is -2.17. The molecule has 1 aromatic rings. The number of rotatable bonds is 3. The molecule has 82 valence electrons. The van der Waals surface area contributed by atoms with Gasteiger partial charge in [0.1, 0.15) is 5.75 Å². The van der Waals surface area contributed by atoms with Crippen molar-refractivity contribution in [2.24, 2.45) is 0 Å². The van der Waals surface area contributed by atoms with Crippen LogP contribution in [0.15, 0.2) is 18.5 Å². The van der Waals surface area contributed by atoms with Gasteiger partial charge in [0.2, 0.25) is 0 Å². The summed E-state index contributed by atoms with van der Waals surface area (Å²) in [4.78, 5) is 14.6. The highest BCUT2D eigenvalue weighted by Crippen LogP contribution is 2.22. The molecule has 0 atom stereocenters. The number of halogens is 3. The summed E-state index contributed by atoms with van der Waals surface area (Å²) in [5.74, 6) is -0.767. The molecule has 0 saturated heterocycles. The van der Waals surface area contributed by atoms with E-state index in [4.69, 9.17) is 0 Å². The van der Waals surface area contributed by atoms with Crippen LogP contribution in [0.4, 0.5) is 13.2 Å². The average molecular weight is 219 g/mol. The number of hydrogen-bond acceptors (Lipinski definition) is 3.